The van der Waals surface area contributed by atoms with Crippen molar-refractivity contribution >= 4 is 11.6 Å². The lowest BCUT2D eigenvalue weighted by atomic mass is 9.82. The zero-order chi connectivity index (χ0) is 14.4. The average Bonchev–Trinajstić information content (AvgIpc) is 2.59. The van der Waals surface area contributed by atoms with Gasteiger partial charge in [-0.05, 0) is 36.5 Å². The highest BCUT2D eigenvalue weighted by molar-refractivity contribution is 6.04. The van der Waals surface area contributed by atoms with E-state index in [9.17, 15) is 4.79 Å². The number of anilines is 1. The van der Waals surface area contributed by atoms with Gasteiger partial charge < -0.3 is 10.6 Å². The van der Waals surface area contributed by atoms with Crippen LogP contribution in [-0.2, 0) is 4.79 Å². The lowest BCUT2D eigenvalue weighted by Gasteiger charge is -2.28. The summed E-state index contributed by atoms with van der Waals surface area (Å²) in [4.78, 5) is 14.0. The Balaban J connectivity index is 2.44. The average molecular weight is 260 g/mol. The monoisotopic (exact) mass is 260 g/mol. The Morgan fingerprint density at radius 3 is 2.53 bits per heavy atom. The summed E-state index contributed by atoms with van der Waals surface area (Å²) in [5.41, 5.74) is 9.61. The van der Waals surface area contributed by atoms with Crippen molar-refractivity contribution in [2.45, 2.75) is 46.6 Å². The number of nitrogens with two attached hydrogens (primary N) is 1. The molecule has 19 heavy (non-hydrogen) atoms. The first-order chi connectivity index (χ1) is 8.77. The van der Waals surface area contributed by atoms with Crippen molar-refractivity contribution in [3.63, 3.8) is 0 Å². The number of benzene rings is 1. The van der Waals surface area contributed by atoms with E-state index in [1.54, 1.807) is 0 Å². The van der Waals surface area contributed by atoms with Crippen LogP contribution in [0, 0.1) is 5.41 Å². The van der Waals surface area contributed by atoms with Crippen molar-refractivity contribution in [2.24, 2.45) is 11.1 Å². The molecule has 2 N–H and O–H groups in total. The van der Waals surface area contributed by atoms with E-state index in [0.717, 1.165) is 23.4 Å². The fourth-order valence-corrected chi connectivity index (χ4v) is 2.67. The number of nitrogens with zero attached hydrogens (tertiary/aromatic N) is 1. The third-order valence-corrected chi connectivity index (χ3v) is 4.05. The molecule has 1 aliphatic rings. The summed E-state index contributed by atoms with van der Waals surface area (Å²) in [6.45, 7) is 11.1. The van der Waals surface area contributed by atoms with Gasteiger partial charge in [-0.25, -0.2) is 0 Å². The summed E-state index contributed by atoms with van der Waals surface area (Å²) >= 11 is 0. The number of carbonyl (C=O) groups excluding carboxylic acids is 1. The van der Waals surface area contributed by atoms with Crippen LogP contribution in [0.3, 0.4) is 0 Å². The first-order valence-corrected chi connectivity index (χ1v) is 6.98. The SMILES string of the molecule is CCN1C(=O)C(C)c2cc(C(N)C(C)(C)C)ccc21. The second-order valence-electron chi connectivity index (χ2n) is 6.47. The lowest BCUT2D eigenvalue weighted by Crippen LogP contribution is -2.27. The molecule has 2 rings (SSSR count). The smallest absolute Gasteiger partial charge is 0.234 e. The van der Waals surface area contributed by atoms with E-state index in [0.29, 0.717) is 0 Å². The number of amides is 1. The molecular formula is C16H24N2O. The van der Waals surface area contributed by atoms with E-state index in [-0.39, 0.29) is 23.3 Å². The molecule has 0 spiro atoms. The summed E-state index contributed by atoms with van der Waals surface area (Å²) in [6, 6.07) is 6.20. The maximum Gasteiger partial charge on any atom is 0.234 e. The van der Waals surface area contributed by atoms with Gasteiger partial charge >= 0.3 is 0 Å². The Hall–Kier alpha value is -1.35. The maximum atomic E-state index is 12.2. The molecule has 0 saturated heterocycles. The zero-order valence-corrected chi connectivity index (χ0v) is 12.5. The van der Waals surface area contributed by atoms with Gasteiger partial charge in [0.05, 0.1) is 5.92 Å². The fraction of sp³-hybridized carbons (Fsp3) is 0.562. The van der Waals surface area contributed by atoms with Crippen molar-refractivity contribution in [3.05, 3.63) is 29.3 Å². The highest BCUT2D eigenvalue weighted by Gasteiger charge is 2.34. The highest BCUT2D eigenvalue weighted by Crippen LogP contribution is 2.40. The Bertz CT molecular complexity index is 502. The van der Waals surface area contributed by atoms with Gasteiger partial charge in [-0.15, -0.1) is 0 Å². The third kappa shape index (κ3) is 2.27. The summed E-state index contributed by atoms with van der Waals surface area (Å²) in [5, 5.41) is 0. The van der Waals surface area contributed by atoms with Crippen LogP contribution in [0.2, 0.25) is 0 Å². The van der Waals surface area contributed by atoms with Gasteiger partial charge in [0, 0.05) is 18.3 Å². The van der Waals surface area contributed by atoms with Crippen molar-refractivity contribution in [3.8, 4) is 0 Å². The number of likely N-dealkylation sites (N-methyl/N-ethyl adjacent to an activating group) is 1. The quantitative estimate of drug-likeness (QED) is 0.887. The van der Waals surface area contributed by atoms with Crippen LogP contribution in [0.4, 0.5) is 5.69 Å². The van der Waals surface area contributed by atoms with Gasteiger partial charge in [-0.1, -0.05) is 32.9 Å². The molecule has 0 aliphatic carbocycles. The predicted molar refractivity (Wildman–Crippen MR) is 79.3 cm³/mol. The van der Waals surface area contributed by atoms with Crippen LogP contribution in [0.15, 0.2) is 18.2 Å². The zero-order valence-electron chi connectivity index (χ0n) is 12.5. The summed E-state index contributed by atoms with van der Waals surface area (Å²) in [7, 11) is 0. The van der Waals surface area contributed by atoms with E-state index >= 15 is 0 Å². The number of carbonyl (C=O) groups is 1. The van der Waals surface area contributed by atoms with Crippen molar-refractivity contribution < 1.29 is 4.79 Å². The van der Waals surface area contributed by atoms with Gasteiger partial charge in [0.25, 0.3) is 0 Å². The molecular weight excluding hydrogens is 236 g/mol. The third-order valence-electron chi connectivity index (χ3n) is 4.05. The molecule has 1 aromatic carbocycles. The minimum atomic E-state index is -0.0536. The maximum absolute atomic E-state index is 12.2. The second kappa shape index (κ2) is 4.64. The highest BCUT2D eigenvalue weighted by atomic mass is 16.2. The molecule has 1 aromatic rings. The first-order valence-electron chi connectivity index (χ1n) is 6.98. The van der Waals surface area contributed by atoms with E-state index in [2.05, 4.69) is 32.9 Å². The van der Waals surface area contributed by atoms with Crippen LogP contribution in [0.25, 0.3) is 0 Å². The predicted octanol–water partition coefficient (Wildman–Crippen LogP) is 3.20. The van der Waals surface area contributed by atoms with Crippen molar-refractivity contribution in [1.82, 2.24) is 0 Å². The number of rotatable bonds is 2. The normalized spacial score (nSPS) is 20.6. The van der Waals surface area contributed by atoms with Gasteiger partial charge in [0.2, 0.25) is 5.91 Å². The van der Waals surface area contributed by atoms with Gasteiger partial charge in [0.1, 0.15) is 0 Å². The molecule has 0 bridgehead atoms. The van der Waals surface area contributed by atoms with Crippen LogP contribution < -0.4 is 10.6 Å². The number of fused-ring (bicyclic) bond motifs is 1. The molecule has 1 aliphatic heterocycles. The molecule has 3 heteroatoms. The molecule has 1 amide bonds. The van der Waals surface area contributed by atoms with Crippen LogP contribution in [-0.4, -0.2) is 12.5 Å². The number of hydrogen-bond donors (Lipinski definition) is 1. The van der Waals surface area contributed by atoms with E-state index in [1.165, 1.54) is 0 Å². The molecule has 0 saturated carbocycles. The van der Waals surface area contributed by atoms with E-state index in [1.807, 2.05) is 24.8 Å². The first kappa shape index (κ1) is 14.1. The van der Waals surface area contributed by atoms with Crippen LogP contribution in [0.1, 0.15) is 57.7 Å². The second-order valence-corrected chi connectivity index (χ2v) is 6.47. The molecule has 3 nitrogen and oxygen atoms in total. The summed E-state index contributed by atoms with van der Waals surface area (Å²) < 4.78 is 0. The van der Waals surface area contributed by atoms with Crippen molar-refractivity contribution in [1.29, 1.82) is 0 Å². The summed E-state index contributed by atoms with van der Waals surface area (Å²) in [6.07, 6.45) is 0. The Kier molecular flexibility index (Phi) is 3.43. The largest absolute Gasteiger partial charge is 0.324 e. The topological polar surface area (TPSA) is 46.3 Å². The molecule has 2 unspecified atom stereocenters. The Morgan fingerprint density at radius 2 is 2.00 bits per heavy atom. The number of hydrogen-bond acceptors (Lipinski definition) is 2. The van der Waals surface area contributed by atoms with E-state index < -0.39 is 0 Å². The minimum Gasteiger partial charge on any atom is -0.324 e. The molecule has 0 aromatic heterocycles. The van der Waals surface area contributed by atoms with Crippen LogP contribution >= 0.6 is 0 Å². The standard InChI is InChI=1S/C16H24N2O/c1-6-18-13-8-7-11(14(17)16(3,4)5)9-12(13)10(2)15(18)19/h7-10,14H,6,17H2,1-5H3. The Labute approximate surface area is 115 Å². The molecule has 0 radical (unpaired) electrons. The Morgan fingerprint density at radius 1 is 1.37 bits per heavy atom. The van der Waals surface area contributed by atoms with E-state index in [4.69, 9.17) is 5.73 Å². The molecule has 2 atom stereocenters. The fourth-order valence-electron chi connectivity index (χ4n) is 2.67. The van der Waals surface area contributed by atoms with Gasteiger partial charge in [0.15, 0.2) is 0 Å². The van der Waals surface area contributed by atoms with Gasteiger partial charge in [-0.3, -0.25) is 4.79 Å². The van der Waals surface area contributed by atoms with Gasteiger partial charge in [-0.2, -0.15) is 0 Å². The molecule has 104 valence electrons. The van der Waals surface area contributed by atoms with Crippen LogP contribution in [0.5, 0.6) is 0 Å². The minimum absolute atomic E-state index is 0.0178. The van der Waals surface area contributed by atoms with Crippen molar-refractivity contribution in [2.75, 3.05) is 11.4 Å². The lowest BCUT2D eigenvalue weighted by molar-refractivity contribution is -0.118. The molecule has 1 heterocycles. The molecule has 0 fully saturated rings. The summed E-state index contributed by atoms with van der Waals surface area (Å²) in [5.74, 6) is 0.140.